The summed E-state index contributed by atoms with van der Waals surface area (Å²) in [7, 11) is 3.26. The summed E-state index contributed by atoms with van der Waals surface area (Å²) in [6, 6.07) is 11.0. The van der Waals surface area contributed by atoms with Crippen LogP contribution in [-0.2, 0) is 20.9 Å². The summed E-state index contributed by atoms with van der Waals surface area (Å²) in [6.07, 6.45) is 2.84. The highest BCUT2D eigenvalue weighted by Crippen LogP contribution is 2.43. The summed E-state index contributed by atoms with van der Waals surface area (Å²) in [6.45, 7) is 9.54. The van der Waals surface area contributed by atoms with E-state index in [9.17, 15) is 24.3 Å². The Labute approximate surface area is 409 Å². The second kappa shape index (κ2) is 20.9. The van der Waals surface area contributed by atoms with Gasteiger partial charge in [-0.1, -0.05) is 35.9 Å². The number of alkyl halides is 1. The summed E-state index contributed by atoms with van der Waals surface area (Å²) in [5, 5.41) is 22.9. The number of nitrogens with one attached hydrogen (secondary N) is 4. The molecule has 2 aliphatic heterocycles. The minimum atomic E-state index is -2.00. The number of hydrogen-bond acceptors (Lipinski definition) is 14. The molecule has 1 unspecified atom stereocenters. The third-order valence-electron chi connectivity index (χ3n) is 13.5. The summed E-state index contributed by atoms with van der Waals surface area (Å²) in [5.41, 5.74) is 3.80. The molecule has 5 N–H and O–H groups in total. The number of ether oxygens (including phenoxy) is 1. The van der Waals surface area contributed by atoms with E-state index in [1.54, 1.807) is 55.5 Å². The number of likely N-dealkylation sites (tertiary alicyclic amines) is 1. The zero-order valence-corrected chi connectivity index (χ0v) is 41.4. The molecule has 2 aromatic carbocycles. The van der Waals surface area contributed by atoms with Crippen molar-refractivity contribution >= 4 is 75.8 Å². The Morgan fingerprint density at radius 1 is 1.04 bits per heavy atom. The lowest BCUT2D eigenvalue weighted by Gasteiger charge is -2.43. The first-order valence-corrected chi connectivity index (χ1v) is 25.3. The lowest BCUT2D eigenvalue weighted by Crippen LogP contribution is -2.61. The zero-order chi connectivity index (χ0) is 48.3. The van der Waals surface area contributed by atoms with Crippen molar-refractivity contribution in [3.05, 3.63) is 76.0 Å². The van der Waals surface area contributed by atoms with Gasteiger partial charge in [0, 0.05) is 69.6 Å². The summed E-state index contributed by atoms with van der Waals surface area (Å²) < 4.78 is 19.9. The van der Waals surface area contributed by atoms with Crippen LogP contribution in [0.4, 0.5) is 21.8 Å². The summed E-state index contributed by atoms with van der Waals surface area (Å²) in [4.78, 5) is 74.6. The molecule has 2 aromatic heterocycles. The van der Waals surface area contributed by atoms with Crippen LogP contribution >= 0.6 is 34.7 Å². The number of aromatic nitrogens is 3. The molecule has 2 saturated heterocycles. The Morgan fingerprint density at radius 2 is 1.78 bits per heavy atom. The molecule has 3 atom stereocenters. The molecule has 68 heavy (non-hydrogen) atoms. The van der Waals surface area contributed by atoms with E-state index in [1.807, 2.05) is 55.4 Å². The summed E-state index contributed by atoms with van der Waals surface area (Å²) in [5.74, 6) is 1.13. The lowest BCUT2D eigenvalue weighted by atomic mass is 9.75. The Balaban J connectivity index is 0.811. The van der Waals surface area contributed by atoms with Gasteiger partial charge in [-0.05, 0) is 93.4 Å². The number of amides is 4. The number of aryl methyl sites for hydroxylation is 1. The number of carbonyl (C=O) groups excluding carboxylic acids is 4. The molecule has 0 spiro atoms. The van der Waals surface area contributed by atoms with Gasteiger partial charge in [-0.25, -0.2) is 14.4 Å². The fourth-order valence-corrected chi connectivity index (χ4v) is 11.4. The van der Waals surface area contributed by atoms with Crippen molar-refractivity contribution in [3.8, 4) is 16.2 Å². The number of halogens is 2. The average molecular weight is 992 g/mol. The minimum Gasteiger partial charge on any atom is -0.495 e. The molecular weight excluding hydrogens is 931 g/mol. The van der Waals surface area contributed by atoms with Crippen LogP contribution in [0.3, 0.4) is 0 Å². The lowest BCUT2D eigenvalue weighted by molar-refractivity contribution is -0.143. The van der Waals surface area contributed by atoms with Crippen molar-refractivity contribution < 1.29 is 33.4 Å². The number of aliphatic hydroxyl groups is 1. The highest BCUT2D eigenvalue weighted by Gasteiger charge is 2.54. The van der Waals surface area contributed by atoms with Crippen molar-refractivity contribution in [1.29, 1.82) is 0 Å². The number of benzene rings is 2. The van der Waals surface area contributed by atoms with Gasteiger partial charge >= 0.3 is 0 Å². The van der Waals surface area contributed by atoms with E-state index in [-0.39, 0.29) is 38.3 Å². The van der Waals surface area contributed by atoms with E-state index in [4.69, 9.17) is 16.3 Å². The van der Waals surface area contributed by atoms with Gasteiger partial charge in [0.15, 0.2) is 5.67 Å². The average Bonchev–Trinajstić information content (AvgIpc) is 3.73. The number of β-amino-alcohol motifs (C(OH)–C–C–N with tert-alkyl or cyclic N) is 1. The maximum Gasteiger partial charge on any atom is 0.258 e. The number of thiazole rings is 1. The highest BCUT2D eigenvalue weighted by molar-refractivity contribution is 8.00. The Morgan fingerprint density at radius 3 is 2.44 bits per heavy atom. The summed E-state index contributed by atoms with van der Waals surface area (Å²) >= 11 is 9.26. The molecule has 0 radical (unpaired) electrons. The van der Waals surface area contributed by atoms with E-state index in [1.165, 1.54) is 11.1 Å². The number of thioether (sulfide) groups is 1. The molecule has 0 bridgehead atoms. The Hall–Kier alpha value is -5.08. The van der Waals surface area contributed by atoms with Crippen molar-refractivity contribution in [2.24, 2.45) is 11.8 Å². The van der Waals surface area contributed by atoms with Gasteiger partial charge in [0.25, 0.3) is 11.8 Å². The fourth-order valence-electron chi connectivity index (χ4n) is 9.17. The molecule has 4 aliphatic rings. The van der Waals surface area contributed by atoms with Gasteiger partial charge in [0.05, 0.1) is 41.2 Å². The molecule has 2 saturated carbocycles. The molecule has 8 rings (SSSR count). The first-order valence-electron chi connectivity index (χ1n) is 23.1. The SMILES string of the molecule is CNc1nc(Nc2ccc(C(=O)N3CCN(C[C@H]4C[C@H](CSC(C)(C)C(NC(=O)C5(F)CC5)C(=O)N5C[C@H](O)C[C@H]5C(=O)NCc5ccc(-c6scnc6C)cc5)C4)CC3)cc2OC)ncc1Cl. The van der Waals surface area contributed by atoms with Crippen LogP contribution in [0.5, 0.6) is 5.75 Å². The van der Waals surface area contributed by atoms with Crippen LogP contribution in [0, 0.1) is 18.8 Å². The predicted molar refractivity (Wildman–Crippen MR) is 263 cm³/mol. The molecule has 4 aromatic rings. The number of piperazine rings is 1. The van der Waals surface area contributed by atoms with Crippen LogP contribution in [0.25, 0.3) is 10.4 Å². The third kappa shape index (κ3) is 11.3. The topological polar surface area (TPSA) is 194 Å². The minimum absolute atomic E-state index is 0.0551. The number of methoxy groups -OCH3 is 1. The molecule has 2 aliphatic carbocycles. The van der Waals surface area contributed by atoms with Gasteiger partial charge in [-0.2, -0.15) is 16.7 Å². The second-order valence-corrected chi connectivity index (χ2v) is 21.8. The van der Waals surface area contributed by atoms with E-state index in [0.717, 1.165) is 59.9 Å². The third-order valence-corrected chi connectivity index (χ3v) is 16.4. The predicted octanol–water partition coefficient (Wildman–Crippen LogP) is 5.92. The normalized spacial score (nSPS) is 21.6. The van der Waals surface area contributed by atoms with Gasteiger partial charge in [0.2, 0.25) is 17.8 Å². The smallest absolute Gasteiger partial charge is 0.258 e. The number of rotatable bonds is 18. The molecule has 16 nitrogen and oxygen atoms in total. The zero-order valence-electron chi connectivity index (χ0n) is 39.0. The molecule has 4 fully saturated rings. The highest BCUT2D eigenvalue weighted by atomic mass is 35.5. The molecule has 364 valence electrons. The Kier molecular flexibility index (Phi) is 15.1. The first kappa shape index (κ1) is 49.3. The van der Waals surface area contributed by atoms with Crippen molar-refractivity contribution in [3.63, 3.8) is 0 Å². The van der Waals surface area contributed by atoms with Gasteiger partial charge in [-0.15, -0.1) is 11.3 Å². The number of nitrogens with zero attached hydrogens (tertiary/aromatic N) is 6. The Bertz CT molecular complexity index is 2480. The monoisotopic (exact) mass is 990 g/mol. The van der Waals surface area contributed by atoms with Crippen molar-refractivity contribution in [2.75, 3.05) is 69.8 Å². The molecule has 4 amide bonds. The van der Waals surface area contributed by atoms with Gasteiger partial charge in [0.1, 0.15) is 28.7 Å². The molecule has 4 heterocycles. The number of anilines is 3. The van der Waals surface area contributed by atoms with Gasteiger partial charge in [-0.3, -0.25) is 24.1 Å². The van der Waals surface area contributed by atoms with E-state index in [0.29, 0.717) is 58.7 Å². The number of hydrogen-bond donors (Lipinski definition) is 5. The molecule has 20 heteroatoms. The van der Waals surface area contributed by atoms with E-state index in [2.05, 4.69) is 41.1 Å². The van der Waals surface area contributed by atoms with E-state index >= 15 is 4.39 Å². The van der Waals surface area contributed by atoms with Crippen LogP contribution in [0.15, 0.2) is 54.2 Å². The van der Waals surface area contributed by atoms with Crippen LogP contribution < -0.4 is 26.0 Å². The maximum absolute atomic E-state index is 15.1. The van der Waals surface area contributed by atoms with Crippen LogP contribution in [0.1, 0.15) is 67.6 Å². The largest absolute Gasteiger partial charge is 0.495 e. The fraction of sp³-hybridized carbons (Fsp3) is 0.521. The second-order valence-electron chi connectivity index (χ2n) is 18.8. The molecular formula is C48H60ClFN10O6S2. The van der Waals surface area contributed by atoms with Crippen molar-refractivity contribution in [2.45, 2.75) is 88.0 Å². The quantitative estimate of drug-likeness (QED) is 0.0790. The van der Waals surface area contributed by atoms with Gasteiger partial charge < -0.3 is 40.9 Å². The standard InChI is InChI=1S/C48H60ClFN10O6S2/c1-28-39(67-27-54-28)32-8-6-29(7-9-32)22-52-42(62)37-21-34(61)25-60(37)44(64)40(56-45(65)48(50)12-13-48)47(2,3)68-26-31-18-30(19-31)24-58-14-16-59(17-15-58)43(63)33-10-11-36(38(20-33)66-5)55-46-53-23-35(49)41(51-4)57-46/h6-11,20,23,27,30-31,34,37,40,61H,12-19,21-22,24-26H2,1-5H3,(H,52,62)(H,56,65)(H2,51,53,55,57)/t30-,31-,34-,37+,40?/m1/s1. The number of carbonyl (C=O) groups is 4. The number of aliphatic hydroxyl groups excluding tert-OH is 1. The van der Waals surface area contributed by atoms with Crippen molar-refractivity contribution in [1.82, 2.24) is 40.3 Å². The van der Waals surface area contributed by atoms with Crippen LogP contribution in [-0.4, -0.2) is 146 Å². The first-order chi connectivity index (χ1) is 32.5. The van der Waals surface area contributed by atoms with Crippen LogP contribution in [0.2, 0.25) is 5.02 Å². The van der Waals surface area contributed by atoms with E-state index < -0.39 is 46.3 Å². The maximum atomic E-state index is 15.1.